The number of carboxylic acids is 1. The van der Waals surface area contributed by atoms with E-state index in [4.69, 9.17) is 9.84 Å². The zero-order valence-corrected chi connectivity index (χ0v) is 10.4. The minimum Gasteiger partial charge on any atom is -0.477 e. The molecule has 1 N–H and O–H groups in total. The number of aromatic carboxylic acids is 1. The third kappa shape index (κ3) is 2.80. The van der Waals surface area contributed by atoms with Gasteiger partial charge in [-0.25, -0.2) is 14.2 Å². The van der Waals surface area contributed by atoms with E-state index in [1.54, 1.807) is 0 Å². The van der Waals surface area contributed by atoms with E-state index in [-0.39, 0.29) is 11.7 Å². The maximum absolute atomic E-state index is 12.9. The lowest BCUT2D eigenvalue weighted by Gasteiger charge is -2.05. The second-order valence-corrected chi connectivity index (χ2v) is 4.06. The molecule has 92 valence electrons. The van der Waals surface area contributed by atoms with E-state index in [9.17, 15) is 9.18 Å². The predicted octanol–water partition coefficient (Wildman–Crippen LogP) is 2.87. The van der Waals surface area contributed by atoms with Gasteiger partial charge in [0.1, 0.15) is 11.6 Å². The molecule has 7 heteroatoms. The Labute approximate surface area is 109 Å². The van der Waals surface area contributed by atoms with Gasteiger partial charge in [-0.15, -0.1) is 0 Å². The van der Waals surface area contributed by atoms with Crippen LogP contribution in [0.2, 0.25) is 0 Å². The van der Waals surface area contributed by atoms with Gasteiger partial charge in [0.15, 0.2) is 5.69 Å². The number of hydrogen-bond donors (Lipinski definition) is 1. The molecule has 2 rings (SSSR count). The van der Waals surface area contributed by atoms with Crippen LogP contribution >= 0.6 is 15.9 Å². The summed E-state index contributed by atoms with van der Waals surface area (Å²) < 4.78 is 18.5. The summed E-state index contributed by atoms with van der Waals surface area (Å²) in [6.07, 6.45) is 1.27. The smallest absolute Gasteiger partial charge is 0.354 e. The van der Waals surface area contributed by atoms with Crippen LogP contribution < -0.4 is 4.74 Å². The fourth-order valence-corrected chi connectivity index (χ4v) is 1.60. The second kappa shape index (κ2) is 5.09. The monoisotopic (exact) mass is 312 g/mol. The third-order valence-corrected chi connectivity index (χ3v) is 2.57. The summed E-state index contributed by atoms with van der Waals surface area (Å²) in [4.78, 5) is 18.2. The summed E-state index contributed by atoms with van der Waals surface area (Å²) in [5.74, 6) is -1.31. The number of hydrogen-bond acceptors (Lipinski definition) is 4. The van der Waals surface area contributed by atoms with Crippen molar-refractivity contribution in [3.05, 3.63) is 46.4 Å². The van der Waals surface area contributed by atoms with E-state index >= 15 is 0 Å². The molecule has 0 saturated carbocycles. The van der Waals surface area contributed by atoms with Crippen molar-refractivity contribution in [2.24, 2.45) is 0 Å². The topological polar surface area (TPSA) is 72.3 Å². The first kappa shape index (κ1) is 12.4. The fraction of sp³-hybridized carbons (Fsp3) is 0. The molecular formula is C11H6BrFN2O3. The highest BCUT2D eigenvalue weighted by atomic mass is 79.9. The number of ether oxygens (including phenoxy) is 1. The highest BCUT2D eigenvalue weighted by molar-refractivity contribution is 9.10. The van der Waals surface area contributed by atoms with Gasteiger partial charge in [0.2, 0.25) is 0 Å². The number of aromatic nitrogens is 2. The van der Waals surface area contributed by atoms with Crippen LogP contribution in [0.5, 0.6) is 11.8 Å². The molecule has 0 aliphatic rings. The van der Waals surface area contributed by atoms with Gasteiger partial charge in [0.25, 0.3) is 0 Å². The molecule has 2 aromatic rings. The average molecular weight is 313 g/mol. The molecule has 0 bridgehead atoms. The van der Waals surface area contributed by atoms with Gasteiger partial charge in [0.05, 0.1) is 4.47 Å². The molecule has 0 radical (unpaired) electrons. The molecule has 0 saturated heterocycles. The van der Waals surface area contributed by atoms with Gasteiger partial charge in [-0.2, -0.15) is 4.98 Å². The molecular weight excluding hydrogens is 307 g/mol. The average Bonchev–Trinajstić information content (AvgIpc) is 2.33. The van der Waals surface area contributed by atoms with Crippen molar-refractivity contribution in [1.82, 2.24) is 9.97 Å². The largest absolute Gasteiger partial charge is 0.477 e. The number of nitrogens with zero attached hydrogens (tertiary/aromatic N) is 2. The Morgan fingerprint density at radius 1 is 1.39 bits per heavy atom. The van der Waals surface area contributed by atoms with Gasteiger partial charge in [-0.1, -0.05) is 0 Å². The van der Waals surface area contributed by atoms with Gasteiger partial charge >= 0.3 is 12.0 Å². The summed E-state index contributed by atoms with van der Waals surface area (Å²) in [6, 6.07) is 4.94. The Morgan fingerprint density at radius 2 is 2.17 bits per heavy atom. The molecule has 0 unspecified atom stereocenters. The highest BCUT2D eigenvalue weighted by Gasteiger charge is 2.09. The summed E-state index contributed by atoms with van der Waals surface area (Å²) in [6.45, 7) is 0. The van der Waals surface area contributed by atoms with Crippen molar-refractivity contribution >= 4 is 21.9 Å². The van der Waals surface area contributed by atoms with Gasteiger partial charge in [-0.05, 0) is 40.2 Å². The van der Waals surface area contributed by atoms with Crippen molar-refractivity contribution in [2.45, 2.75) is 0 Å². The van der Waals surface area contributed by atoms with Crippen molar-refractivity contribution in [1.29, 1.82) is 0 Å². The normalized spacial score (nSPS) is 10.1. The maximum atomic E-state index is 12.9. The van der Waals surface area contributed by atoms with E-state index in [1.807, 2.05) is 0 Å². The zero-order chi connectivity index (χ0) is 13.1. The molecule has 0 spiro atoms. The molecule has 0 atom stereocenters. The van der Waals surface area contributed by atoms with Crippen LogP contribution in [0.25, 0.3) is 0 Å². The first-order valence-electron chi connectivity index (χ1n) is 4.75. The molecule has 5 nitrogen and oxygen atoms in total. The summed E-state index contributed by atoms with van der Waals surface area (Å²) >= 11 is 3.12. The minimum absolute atomic E-state index is 0.123. The van der Waals surface area contributed by atoms with Crippen LogP contribution in [0, 0.1) is 5.82 Å². The molecule has 1 aromatic carbocycles. The molecule has 0 amide bonds. The first-order valence-corrected chi connectivity index (χ1v) is 5.55. The number of benzene rings is 1. The van der Waals surface area contributed by atoms with Crippen LogP contribution in [-0.4, -0.2) is 21.0 Å². The molecule has 1 aromatic heterocycles. The summed E-state index contributed by atoms with van der Waals surface area (Å²) in [7, 11) is 0. The third-order valence-electron chi connectivity index (χ3n) is 1.95. The van der Waals surface area contributed by atoms with Crippen LogP contribution in [0.1, 0.15) is 10.5 Å². The number of carboxylic acid groups (broad SMARTS) is 1. The Morgan fingerprint density at radius 3 is 2.83 bits per heavy atom. The van der Waals surface area contributed by atoms with E-state index in [2.05, 4.69) is 25.9 Å². The van der Waals surface area contributed by atoms with Crippen molar-refractivity contribution < 1.29 is 19.0 Å². The fourth-order valence-electron chi connectivity index (χ4n) is 1.17. The van der Waals surface area contributed by atoms with Crippen LogP contribution in [0.15, 0.2) is 34.9 Å². The highest BCUT2D eigenvalue weighted by Crippen LogP contribution is 2.28. The standard InChI is InChI=1S/C11H6BrFN2O3/c12-7-5-6(13)1-2-9(7)18-11-14-4-3-8(15-11)10(16)17/h1-5H,(H,16,17). The zero-order valence-electron chi connectivity index (χ0n) is 8.80. The molecule has 1 heterocycles. The molecule has 0 aliphatic carbocycles. The molecule has 0 aliphatic heterocycles. The molecule has 18 heavy (non-hydrogen) atoms. The van der Waals surface area contributed by atoms with Crippen LogP contribution in [0.3, 0.4) is 0 Å². The lowest BCUT2D eigenvalue weighted by Crippen LogP contribution is -2.02. The van der Waals surface area contributed by atoms with Gasteiger partial charge < -0.3 is 9.84 Å². The predicted molar refractivity (Wildman–Crippen MR) is 63.2 cm³/mol. The Kier molecular flexibility index (Phi) is 3.52. The maximum Gasteiger partial charge on any atom is 0.354 e. The lowest BCUT2D eigenvalue weighted by molar-refractivity contribution is 0.0689. The van der Waals surface area contributed by atoms with E-state index in [0.29, 0.717) is 10.2 Å². The first-order chi connectivity index (χ1) is 8.56. The Balaban J connectivity index is 2.28. The SMILES string of the molecule is O=C(O)c1ccnc(Oc2ccc(F)cc2Br)n1. The van der Waals surface area contributed by atoms with Crippen LogP contribution in [0.4, 0.5) is 4.39 Å². The van der Waals surface area contributed by atoms with Crippen molar-refractivity contribution in [2.75, 3.05) is 0 Å². The van der Waals surface area contributed by atoms with E-state index < -0.39 is 11.8 Å². The lowest BCUT2D eigenvalue weighted by atomic mass is 10.3. The Bertz CT molecular complexity index is 607. The van der Waals surface area contributed by atoms with Gasteiger partial charge in [0, 0.05) is 6.20 Å². The minimum atomic E-state index is -1.18. The quantitative estimate of drug-likeness (QED) is 0.943. The summed E-state index contributed by atoms with van der Waals surface area (Å²) in [5.41, 5.74) is -0.182. The van der Waals surface area contributed by atoms with E-state index in [1.165, 1.54) is 30.5 Å². The number of halogens is 2. The second-order valence-electron chi connectivity index (χ2n) is 3.21. The van der Waals surface area contributed by atoms with Crippen molar-refractivity contribution in [3.63, 3.8) is 0 Å². The van der Waals surface area contributed by atoms with Gasteiger partial charge in [-0.3, -0.25) is 0 Å². The number of rotatable bonds is 3. The van der Waals surface area contributed by atoms with Crippen molar-refractivity contribution in [3.8, 4) is 11.8 Å². The Hall–Kier alpha value is -2.02. The molecule has 0 fully saturated rings. The number of carbonyl (C=O) groups is 1. The van der Waals surface area contributed by atoms with Crippen LogP contribution in [-0.2, 0) is 0 Å². The van der Waals surface area contributed by atoms with E-state index in [0.717, 1.165) is 0 Å². The summed E-state index contributed by atoms with van der Waals surface area (Å²) in [5, 5.41) is 8.76.